The topological polar surface area (TPSA) is 76.4 Å². The number of nitrogens with zero attached hydrogens (tertiary/aromatic N) is 1. The quantitative estimate of drug-likeness (QED) is 0.609. The van der Waals surface area contributed by atoms with Gasteiger partial charge in [-0.2, -0.15) is 4.57 Å². The highest BCUT2D eigenvalue weighted by molar-refractivity contribution is 5.92. The summed E-state index contributed by atoms with van der Waals surface area (Å²) in [7, 11) is 0. The zero-order valence-electron chi connectivity index (χ0n) is 11.2. The average Bonchev–Trinajstić information content (AvgIpc) is 2.84. The van der Waals surface area contributed by atoms with Crippen LogP contribution >= 0.6 is 0 Å². The number of amides is 1. The Bertz CT molecular complexity index is 530. The molecule has 5 heteroatoms. The van der Waals surface area contributed by atoms with E-state index in [2.05, 4.69) is 13.2 Å². The summed E-state index contributed by atoms with van der Waals surface area (Å²) in [5, 5.41) is 9.40. The zero-order chi connectivity index (χ0) is 14.7. The number of hydrogen-bond donors (Lipinski definition) is 2. The molecule has 0 radical (unpaired) electrons. The SMILES string of the molecule is C=C[C@@H]1[C@H](C=C)[C@@H](CO)O[C@H]1[n+]1cccc(C(N)=O)c1. The first-order chi connectivity index (χ1) is 9.62. The van der Waals surface area contributed by atoms with Gasteiger partial charge >= 0.3 is 0 Å². The smallest absolute Gasteiger partial charge is 0.269 e. The highest BCUT2D eigenvalue weighted by Gasteiger charge is 2.46. The lowest BCUT2D eigenvalue weighted by molar-refractivity contribution is -0.764. The van der Waals surface area contributed by atoms with Crippen molar-refractivity contribution in [2.24, 2.45) is 17.6 Å². The van der Waals surface area contributed by atoms with Crippen molar-refractivity contribution in [3.63, 3.8) is 0 Å². The van der Waals surface area contributed by atoms with Gasteiger partial charge in [0.1, 0.15) is 5.56 Å². The Morgan fingerprint density at radius 2 is 2.15 bits per heavy atom. The van der Waals surface area contributed by atoms with E-state index in [1.54, 1.807) is 41.2 Å². The van der Waals surface area contributed by atoms with Crippen molar-refractivity contribution in [2.75, 3.05) is 6.61 Å². The number of carbonyl (C=O) groups excluding carboxylic acids is 1. The largest absolute Gasteiger partial charge is 0.394 e. The number of aromatic nitrogens is 1. The van der Waals surface area contributed by atoms with Crippen LogP contribution in [0.2, 0.25) is 0 Å². The van der Waals surface area contributed by atoms with Crippen molar-refractivity contribution in [1.82, 2.24) is 0 Å². The van der Waals surface area contributed by atoms with E-state index in [-0.39, 0.29) is 30.8 Å². The summed E-state index contributed by atoms with van der Waals surface area (Å²) >= 11 is 0. The summed E-state index contributed by atoms with van der Waals surface area (Å²) in [4.78, 5) is 11.3. The summed E-state index contributed by atoms with van der Waals surface area (Å²) in [6.07, 6.45) is 6.33. The number of rotatable bonds is 5. The minimum atomic E-state index is -0.494. The summed E-state index contributed by atoms with van der Waals surface area (Å²) in [5.74, 6) is -0.545. The molecule has 0 bridgehead atoms. The molecule has 1 fully saturated rings. The van der Waals surface area contributed by atoms with E-state index >= 15 is 0 Å². The second-order valence-electron chi connectivity index (χ2n) is 4.78. The van der Waals surface area contributed by atoms with Gasteiger partial charge in [0.2, 0.25) is 0 Å². The number of aliphatic hydroxyl groups is 1. The van der Waals surface area contributed by atoms with Crippen LogP contribution in [0.1, 0.15) is 16.6 Å². The molecule has 1 aliphatic rings. The molecule has 20 heavy (non-hydrogen) atoms. The van der Waals surface area contributed by atoms with E-state index in [4.69, 9.17) is 10.5 Å². The number of nitrogens with two attached hydrogens (primary N) is 1. The van der Waals surface area contributed by atoms with Crippen molar-refractivity contribution >= 4 is 5.91 Å². The molecule has 1 amide bonds. The van der Waals surface area contributed by atoms with Crippen LogP contribution in [0.3, 0.4) is 0 Å². The van der Waals surface area contributed by atoms with E-state index in [0.29, 0.717) is 5.56 Å². The third-order valence-corrected chi connectivity index (χ3v) is 3.64. The Morgan fingerprint density at radius 1 is 1.45 bits per heavy atom. The summed E-state index contributed by atoms with van der Waals surface area (Å²) in [5.41, 5.74) is 5.69. The predicted octanol–water partition coefficient (Wildman–Crippen LogP) is 0.567. The van der Waals surface area contributed by atoms with Crippen molar-refractivity contribution < 1.29 is 19.2 Å². The number of carbonyl (C=O) groups is 1. The standard InChI is InChI=1S/C15H18N2O3/c1-3-11-12(4-2)15(20-13(11)9-18)17-7-5-6-10(8-17)14(16)19/h3-8,11-13,15,18H,1-2,9H2,(H-,16,19)/p+1/t11-,12+,13+,15+/m0/s1. The van der Waals surface area contributed by atoms with Crippen molar-refractivity contribution in [3.05, 3.63) is 55.4 Å². The van der Waals surface area contributed by atoms with Crippen LogP contribution < -0.4 is 10.3 Å². The fraction of sp³-hybridized carbons (Fsp3) is 0.333. The summed E-state index contributed by atoms with van der Waals surface area (Å²) in [6.45, 7) is 7.53. The van der Waals surface area contributed by atoms with Gasteiger partial charge in [-0.25, -0.2) is 0 Å². The van der Waals surface area contributed by atoms with Crippen LogP contribution in [0.15, 0.2) is 49.8 Å². The van der Waals surface area contributed by atoms with Gasteiger partial charge in [0.15, 0.2) is 12.4 Å². The molecule has 0 unspecified atom stereocenters. The van der Waals surface area contributed by atoms with Gasteiger partial charge in [0, 0.05) is 12.0 Å². The van der Waals surface area contributed by atoms with Gasteiger partial charge in [0.25, 0.3) is 12.1 Å². The minimum Gasteiger partial charge on any atom is -0.394 e. The molecule has 1 saturated heterocycles. The summed E-state index contributed by atoms with van der Waals surface area (Å²) < 4.78 is 7.63. The van der Waals surface area contributed by atoms with Gasteiger partial charge in [-0.05, 0) is 6.07 Å². The van der Waals surface area contributed by atoms with Gasteiger partial charge in [0.05, 0.1) is 18.6 Å². The Hall–Kier alpha value is -1.98. The van der Waals surface area contributed by atoms with Crippen LogP contribution in [0.25, 0.3) is 0 Å². The molecule has 1 aromatic rings. The molecule has 2 rings (SSSR count). The maximum atomic E-state index is 11.3. The summed E-state index contributed by atoms with van der Waals surface area (Å²) in [6, 6.07) is 3.38. The maximum absolute atomic E-state index is 11.3. The Morgan fingerprint density at radius 3 is 2.70 bits per heavy atom. The monoisotopic (exact) mass is 275 g/mol. The van der Waals surface area contributed by atoms with Crippen LogP contribution in [0, 0.1) is 11.8 Å². The second-order valence-corrected chi connectivity index (χ2v) is 4.78. The fourth-order valence-electron chi connectivity index (χ4n) is 2.61. The third kappa shape index (κ3) is 2.50. The van der Waals surface area contributed by atoms with E-state index < -0.39 is 5.91 Å². The molecular formula is C15H19N2O3+. The molecule has 0 aromatic carbocycles. The van der Waals surface area contributed by atoms with Crippen LogP contribution in [-0.4, -0.2) is 23.7 Å². The van der Waals surface area contributed by atoms with Gasteiger partial charge in [-0.3, -0.25) is 4.79 Å². The number of aliphatic hydroxyl groups excluding tert-OH is 1. The van der Waals surface area contributed by atoms with E-state index in [1.807, 2.05) is 0 Å². The molecule has 106 valence electrons. The minimum absolute atomic E-state index is 0.0211. The lowest BCUT2D eigenvalue weighted by Crippen LogP contribution is -2.43. The molecule has 1 aromatic heterocycles. The number of primary amides is 1. The lowest BCUT2D eigenvalue weighted by atomic mass is 9.89. The first-order valence-electron chi connectivity index (χ1n) is 6.44. The van der Waals surface area contributed by atoms with Gasteiger partial charge < -0.3 is 15.6 Å². The zero-order valence-corrected chi connectivity index (χ0v) is 11.2. The van der Waals surface area contributed by atoms with Gasteiger partial charge in [-0.1, -0.05) is 12.2 Å². The van der Waals surface area contributed by atoms with Crippen LogP contribution in [0.5, 0.6) is 0 Å². The van der Waals surface area contributed by atoms with Crippen LogP contribution in [-0.2, 0) is 4.74 Å². The van der Waals surface area contributed by atoms with E-state index in [0.717, 1.165) is 0 Å². The van der Waals surface area contributed by atoms with E-state index in [1.165, 1.54) is 0 Å². The maximum Gasteiger partial charge on any atom is 0.269 e. The van der Waals surface area contributed by atoms with Crippen molar-refractivity contribution in [2.45, 2.75) is 12.3 Å². The first-order valence-corrected chi connectivity index (χ1v) is 6.44. The Kier molecular flexibility index (Phi) is 4.32. The molecule has 0 spiro atoms. The lowest BCUT2D eigenvalue weighted by Gasteiger charge is -2.13. The first kappa shape index (κ1) is 14.4. The fourth-order valence-corrected chi connectivity index (χ4v) is 2.61. The highest BCUT2D eigenvalue weighted by atomic mass is 16.5. The number of ether oxygens (including phenoxy) is 1. The van der Waals surface area contributed by atoms with Crippen LogP contribution in [0.4, 0.5) is 0 Å². The number of hydrogen-bond acceptors (Lipinski definition) is 3. The molecule has 0 saturated carbocycles. The highest BCUT2D eigenvalue weighted by Crippen LogP contribution is 2.37. The molecule has 3 N–H and O–H groups in total. The Labute approximate surface area is 118 Å². The molecular weight excluding hydrogens is 256 g/mol. The molecule has 4 atom stereocenters. The predicted molar refractivity (Wildman–Crippen MR) is 73.5 cm³/mol. The molecule has 0 aliphatic carbocycles. The van der Waals surface area contributed by atoms with E-state index in [9.17, 15) is 9.90 Å². The number of pyridine rings is 1. The average molecular weight is 275 g/mol. The van der Waals surface area contributed by atoms with Crippen molar-refractivity contribution in [1.29, 1.82) is 0 Å². The molecule has 1 aliphatic heterocycles. The van der Waals surface area contributed by atoms with Gasteiger partial charge in [-0.15, -0.1) is 13.2 Å². The normalized spacial score (nSPS) is 29.1. The second kappa shape index (κ2) is 5.98. The molecule has 2 heterocycles. The van der Waals surface area contributed by atoms with Crippen molar-refractivity contribution in [3.8, 4) is 0 Å². The third-order valence-electron chi connectivity index (χ3n) is 3.64. The molecule has 5 nitrogen and oxygen atoms in total. The Balaban J connectivity index is 2.36.